The zero-order chi connectivity index (χ0) is 14.1. The number of hydrogen-bond donors (Lipinski definition) is 0. The summed E-state index contributed by atoms with van der Waals surface area (Å²) in [5.74, 6) is 0.0348. The highest BCUT2D eigenvalue weighted by molar-refractivity contribution is 5.86. The zero-order valence-electron chi connectivity index (χ0n) is 11.0. The number of carbonyl (C=O) groups is 1. The van der Waals surface area contributed by atoms with Crippen molar-refractivity contribution in [1.29, 1.82) is 0 Å². The van der Waals surface area contributed by atoms with Crippen molar-refractivity contribution in [2.45, 2.75) is 6.92 Å². The fourth-order valence-corrected chi connectivity index (χ4v) is 1.91. The second kappa shape index (κ2) is 4.72. The molecule has 102 valence electrons. The van der Waals surface area contributed by atoms with E-state index in [1.54, 1.807) is 43.3 Å². The highest BCUT2D eigenvalue weighted by Gasteiger charge is 2.19. The Morgan fingerprint density at radius 2 is 2.25 bits per heavy atom. The second-order valence-corrected chi connectivity index (χ2v) is 4.07. The topological polar surface area (TPSA) is 87.2 Å². The minimum absolute atomic E-state index is 0.0348. The van der Waals surface area contributed by atoms with Gasteiger partial charge in [-0.15, -0.1) is 5.10 Å². The number of aromatic nitrogens is 6. The van der Waals surface area contributed by atoms with Crippen molar-refractivity contribution < 1.29 is 9.53 Å². The molecule has 0 amide bonds. The third-order valence-corrected chi connectivity index (χ3v) is 2.79. The molecule has 0 unspecified atom stereocenters. The molecule has 0 bridgehead atoms. The summed E-state index contributed by atoms with van der Waals surface area (Å²) >= 11 is 0. The van der Waals surface area contributed by atoms with E-state index >= 15 is 0 Å². The van der Waals surface area contributed by atoms with Crippen molar-refractivity contribution in [2.75, 3.05) is 6.61 Å². The van der Waals surface area contributed by atoms with Gasteiger partial charge >= 0.3 is 5.97 Å². The maximum absolute atomic E-state index is 11.6. The smallest absolute Gasteiger partial charge is 0.378 e. The van der Waals surface area contributed by atoms with E-state index in [9.17, 15) is 4.79 Å². The van der Waals surface area contributed by atoms with Gasteiger partial charge in [-0.2, -0.15) is 5.10 Å². The number of aryl methyl sites for hydroxylation is 1. The van der Waals surface area contributed by atoms with E-state index in [4.69, 9.17) is 4.74 Å². The first-order valence-electron chi connectivity index (χ1n) is 6.06. The lowest BCUT2D eigenvalue weighted by atomic mass is 10.3. The van der Waals surface area contributed by atoms with Gasteiger partial charge in [0.2, 0.25) is 0 Å². The molecule has 0 aliphatic rings. The molecule has 20 heavy (non-hydrogen) atoms. The van der Waals surface area contributed by atoms with Crippen molar-refractivity contribution in [1.82, 2.24) is 29.4 Å². The van der Waals surface area contributed by atoms with E-state index in [1.807, 2.05) is 0 Å². The van der Waals surface area contributed by atoms with Gasteiger partial charge in [-0.3, -0.25) is 4.98 Å². The van der Waals surface area contributed by atoms with Crippen LogP contribution in [0.25, 0.3) is 16.9 Å². The first-order chi connectivity index (χ1) is 9.70. The highest BCUT2D eigenvalue weighted by atomic mass is 16.5. The van der Waals surface area contributed by atoms with Crippen LogP contribution in [0.2, 0.25) is 0 Å². The first kappa shape index (κ1) is 12.3. The highest BCUT2D eigenvalue weighted by Crippen LogP contribution is 2.21. The SMILES string of the molecule is CCOC(=O)c1nc(-c2cnn3ccncc23)n(C)n1. The number of ether oxygens (including phenoxy) is 1. The molecule has 0 N–H and O–H groups in total. The van der Waals surface area contributed by atoms with Crippen molar-refractivity contribution in [2.24, 2.45) is 7.05 Å². The Kier molecular flexibility index (Phi) is 2.90. The molecule has 0 aliphatic heterocycles. The van der Waals surface area contributed by atoms with Gasteiger partial charge in [-0.05, 0) is 6.92 Å². The van der Waals surface area contributed by atoms with Crippen LogP contribution in [-0.2, 0) is 11.8 Å². The Morgan fingerprint density at radius 3 is 3.05 bits per heavy atom. The van der Waals surface area contributed by atoms with Gasteiger partial charge in [0.15, 0.2) is 5.82 Å². The average molecular weight is 272 g/mol. The molecule has 8 heteroatoms. The first-order valence-corrected chi connectivity index (χ1v) is 6.06. The van der Waals surface area contributed by atoms with E-state index in [0.717, 1.165) is 11.1 Å². The summed E-state index contributed by atoms with van der Waals surface area (Å²) in [5, 5.41) is 8.27. The number of nitrogens with zero attached hydrogens (tertiary/aromatic N) is 6. The van der Waals surface area contributed by atoms with Gasteiger partial charge < -0.3 is 4.74 Å². The lowest BCUT2D eigenvalue weighted by molar-refractivity contribution is 0.0512. The third-order valence-electron chi connectivity index (χ3n) is 2.79. The number of carbonyl (C=O) groups excluding carboxylic acids is 1. The minimum Gasteiger partial charge on any atom is -0.460 e. The molecule has 0 aliphatic carbocycles. The Labute approximate surface area is 114 Å². The van der Waals surface area contributed by atoms with E-state index in [1.165, 1.54) is 4.68 Å². The van der Waals surface area contributed by atoms with E-state index in [2.05, 4.69) is 20.2 Å². The number of esters is 1. The summed E-state index contributed by atoms with van der Waals surface area (Å²) < 4.78 is 8.10. The fourth-order valence-electron chi connectivity index (χ4n) is 1.91. The molecule has 0 radical (unpaired) electrons. The molecule has 0 saturated heterocycles. The van der Waals surface area contributed by atoms with Crippen molar-refractivity contribution in [3.63, 3.8) is 0 Å². The van der Waals surface area contributed by atoms with Crippen LogP contribution in [-0.4, -0.2) is 41.9 Å². The van der Waals surface area contributed by atoms with Gasteiger partial charge in [0, 0.05) is 19.4 Å². The van der Waals surface area contributed by atoms with Crippen LogP contribution < -0.4 is 0 Å². The lowest BCUT2D eigenvalue weighted by Crippen LogP contribution is -2.07. The van der Waals surface area contributed by atoms with Crippen LogP contribution in [0.3, 0.4) is 0 Å². The summed E-state index contributed by atoms with van der Waals surface area (Å²) in [6.07, 6.45) is 6.73. The van der Waals surface area contributed by atoms with Gasteiger partial charge in [0.05, 0.1) is 30.1 Å². The number of fused-ring (bicyclic) bond motifs is 1. The van der Waals surface area contributed by atoms with Crippen LogP contribution in [0.4, 0.5) is 0 Å². The van der Waals surface area contributed by atoms with E-state index < -0.39 is 5.97 Å². The Balaban J connectivity index is 2.08. The molecule has 3 rings (SSSR count). The molecule has 8 nitrogen and oxygen atoms in total. The Bertz CT molecular complexity index is 775. The third kappa shape index (κ3) is 1.91. The normalized spacial score (nSPS) is 10.9. The summed E-state index contributed by atoms with van der Waals surface area (Å²) in [4.78, 5) is 19.9. The molecule has 0 spiro atoms. The maximum Gasteiger partial charge on any atom is 0.378 e. The predicted octanol–water partition coefficient (Wildman–Crippen LogP) is 0.701. The van der Waals surface area contributed by atoms with Crippen LogP contribution in [0.15, 0.2) is 24.8 Å². The van der Waals surface area contributed by atoms with Gasteiger partial charge in [0.1, 0.15) is 0 Å². The Morgan fingerprint density at radius 1 is 1.40 bits per heavy atom. The van der Waals surface area contributed by atoms with Crippen LogP contribution >= 0.6 is 0 Å². The molecule has 0 aromatic carbocycles. The summed E-state index contributed by atoms with van der Waals surface area (Å²) in [6.45, 7) is 2.02. The molecule has 3 aromatic rings. The lowest BCUT2D eigenvalue weighted by Gasteiger charge is -1.96. The molecular weight excluding hydrogens is 260 g/mol. The maximum atomic E-state index is 11.6. The molecule has 0 fully saturated rings. The van der Waals surface area contributed by atoms with Crippen molar-refractivity contribution >= 4 is 11.5 Å². The zero-order valence-corrected chi connectivity index (χ0v) is 11.0. The monoisotopic (exact) mass is 272 g/mol. The van der Waals surface area contributed by atoms with Gasteiger partial charge in [-0.1, -0.05) is 0 Å². The fraction of sp³-hybridized carbons (Fsp3) is 0.250. The van der Waals surface area contributed by atoms with Gasteiger partial charge in [-0.25, -0.2) is 19.0 Å². The number of hydrogen-bond acceptors (Lipinski definition) is 6. The van der Waals surface area contributed by atoms with Crippen LogP contribution in [0, 0.1) is 0 Å². The molecule has 0 saturated carbocycles. The Hall–Kier alpha value is -2.77. The summed E-state index contributed by atoms with van der Waals surface area (Å²) in [5.41, 5.74) is 1.54. The quantitative estimate of drug-likeness (QED) is 0.652. The molecule has 3 aromatic heterocycles. The van der Waals surface area contributed by atoms with Crippen molar-refractivity contribution in [3.8, 4) is 11.4 Å². The van der Waals surface area contributed by atoms with E-state index in [-0.39, 0.29) is 12.4 Å². The van der Waals surface area contributed by atoms with Crippen molar-refractivity contribution in [3.05, 3.63) is 30.6 Å². The van der Waals surface area contributed by atoms with Crippen LogP contribution in [0.5, 0.6) is 0 Å². The molecule has 0 atom stereocenters. The number of rotatable bonds is 3. The standard InChI is InChI=1S/C12H12N6O2/c1-3-20-12(19)10-15-11(17(2)16-10)8-6-14-18-5-4-13-7-9(8)18/h4-7H,3H2,1-2H3. The molecular formula is C12H12N6O2. The molecule has 3 heterocycles. The van der Waals surface area contributed by atoms with E-state index in [0.29, 0.717) is 5.82 Å². The van der Waals surface area contributed by atoms with Gasteiger partial charge in [0.25, 0.3) is 5.82 Å². The predicted molar refractivity (Wildman–Crippen MR) is 68.9 cm³/mol. The second-order valence-electron chi connectivity index (χ2n) is 4.07. The average Bonchev–Trinajstić information content (AvgIpc) is 3.02. The summed E-state index contributed by atoms with van der Waals surface area (Å²) in [7, 11) is 1.71. The largest absolute Gasteiger partial charge is 0.460 e. The minimum atomic E-state index is -0.538. The van der Waals surface area contributed by atoms with Crippen LogP contribution in [0.1, 0.15) is 17.5 Å². The summed E-state index contributed by atoms with van der Waals surface area (Å²) in [6, 6.07) is 0.